The number of benzene rings is 1. The molecule has 2 N–H and O–H groups in total. The van der Waals surface area contributed by atoms with Crippen molar-refractivity contribution in [2.75, 3.05) is 7.11 Å². The molecule has 0 amide bonds. The summed E-state index contributed by atoms with van der Waals surface area (Å²) in [5.41, 5.74) is 2.87. The highest BCUT2D eigenvalue weighted by Crippen LogP contribution is 2.40. The Labute approximate surface area is 106 Å². The molecule has 1 aliphatic rings. The largest absolute Gasteiger partial charge is 0.504 e. The number of nitrogens with zero attached hydrogens (tertiary/aromatic N) is 1. The van der Waals surface area contributed by atoms with Crippen LogP contribution in [0, 0.1) is 6.92 Å². The molecule has 1 aliphatic carbocycles. The van der Waals surface area contributed by atoms with Gasteiger partial charge in [-0.1, -0.05) is 0 Å². The first-order valence-electron chi connectivity index (χ1n) is 6.13. The Bertz CT molecular complexity index is 585. The zero-order valence-electron chi connectivity index (χ0n) is 10.5. The van der Waals surface area contributed by atoms with E-state index >= 15 is 0 Å². The van der Waals surface area contributed by atoms with E-state index in [9.17, 15) is 5.11 Å². The molecular formula is C14H16N2O2. The van der Waals surface area contributed by atoms with Crippen LogP contribution in [-0.4, -0.2) is 22.2 Å². The van der Waals surface area contributed by atoms with Gasteiger partial charge in [0.15, 0.2) is 11.5 Å². The molecular weight excluding hydrogens is 228 g/mol. The topological polar surface area (TPSA) is 58.1 Å². The van der Waals surface area contributed by atoms with E-state index < -0.39 is 0 Å². The zero-order chi connectivity index (χ0) is 12.7. The van der Waals surface area contributed by atoms with Crippen molar-refractivity contribution in [2.24, 2.45) is 0 Å². The lowest BCUT2D eigenvalue weighted by atomic mass is 10.1. The van der Waals surface area contributed by atoms with Crippen LogP contribution in [0.5, 0.6) is 11.5 Å². The van der Waals surface area contributed by atoms with Crippen molar-refractivity contribution >= 4 is 0 Å². The standard InChI is InChI=1S/C14H16N2O2/c1-8-13(16-14(15-8)9-3-4-9)10-5-6-12(18-2)11(17)7-10/h5-7,9,17H,3-4H2,1-2H3,(H,15,16). The van der Waals surface area contributed by atoms with Crippen molar-refractivity contribution in [1.82, 2.24) is 9.97 Å². The van der Waals surface area contributed by atoms with Gasteiger partial charge in [-0.05, 0) is 38.0 Å². The van der Waals surface area contributed by atoms with Crippen LogP contribution >= 0.6 is 0 Å². The maximum Gasteiger partial charge on any atom is 0.160 e. The van der Waals surface area contributed by atoms with E-state index in [1.807, 2.05) is 13.0 Å². The smallest absolute Gasteiger partial charge is 0.160 e. The van der Waals surface area contributed by atoms with E-state index in [4.69, 9.17) is 4.74 Å². The first kappa shape index (κ1) is 11.1. The highest BCUT2D eigenvalue weighted by molar-refractivity contribution is 5.66. The van der Waals surface area contributed by atoms with Crippen LogP contribution < -0.4 is 4.74 Å². The van der Waals surface area contributed by atoms with Gasteiger partial charge in [0, 0.05) is 17.2 Å². The molecule has 1 aromatic heterocycles. The summed E-state index contributed by atoms with van der Waals surface area (Å²) >= 11 is 0. The van der Waals surface area contributed by atoms with Crippen LogP contribution in [-0.2, 0) is 0 Å². The van der Waals surface area contributed by atoms with Gasteiger partial charge < -0.3 is 14.8 Å². The van der Waals surface area contributed by atoms with Crippen molar-refractivity contribution < 1.29 is 9.84 Å². The molecule has 4 heteroatoms. The number of H-pyrrole nitrogens is 1. The van der Waals surface area contributed by atoms with E-state index in [0.717, 1.165) is 22.8 Å². The summed E-state index contributed by atoms with van der Waals surface area (Å²) < 4.78 is 5.04. The van der Waals surface area contributed by atoms with Crippen LogP contribution in [0.4, 0.5) is 0 Å². The number of imidazole rings is 1. The van der Waals surface area contributed by atoms with Gasteiger partial charge >= 0.3 is 0 Å². The fourth-order valence-corrected chi connectivity index (χ4v) is 2.15. The number of phenolic OH excluding ortho intramolecular Hbond substituents is 1. The summed E-state index contributed by atoms with van der Waals surface area (Å²) in [6.45, 7) is 2.01. The van der Waals surface area contributed by atoms with Gasteiger partial charge in [0.2, 0.25) is 0 Å². The van der Waals surface area contributed by atoms with Gasteiger partial charge in [0.25, 0.3) is 0 Å². The van der Waals surface area contributed by atoms with Crippen molar-refractivity contribution in [2.45, 2.75) is 25.7 Å². The third-order valence-electron chi connectivity index (χ3n) is 3.32. The summed E-state index contributed by atoms with van der Waals surface area (Å²) in [6.07, 6.45) is 2.44. The van der Waals surface area contributed by atoms with Crippen molar-refractivity contribution in [3.63, 3.8) is 0 Å². The fourth-order valence-electron chi connectivity index (χ4n) is 2.15. The minimum Gasteiger partial charge on any atom is -0.504 e. The molecule has 18 heavy (non-hydrogen) atoms. The van der Waals surface area contributed by atoms with Crippen molar-refractivity contribution in [3.05, 3.63) is 29.7 Å². The molecule has 94 valence electrons. The molecule has 1 heterocycles. The van der Waals surface area contributed by atoms with Gasteiger partial charge in [0.05, 0.1) is 12.8 Å². The third kappa shape index (κ3) is 1.83. The van der Waals surface area contributed by atoms with E-state index in [1.165, 1.54) is 12.8 Å². The van der Waals surface area contributed by atoms with E-state index in [1.54, 1.807) is 19.2 Å². The normalized spacial score (nSPS) is 14.8. The van der Waals surface area contributed by atoms with Gasteiger partial charge in [-0.2, -0.15) is 0 Å². The molecule has 1 aromatic carbocycles. The van der Waals surface area contributed by atoms with Gasteiger partial charge in [-0.3, -0.25) is 0 Å². The van der Waals surface area contributed by atoms with E-state index in [0.29, 0.717) is 11.7 Å². The molecule has 2 aromatic rings. The second-order valence-electron chi connectivity index (χ2n) is 4.76. The number of aryl methyl sites for hydroxylation is 1. The number of nitrogens with one attached hydrogen (secondary N) is 1. The summed E-state index contributed by atoms with van der Waals surface area (Å²) in [5, 5.41) is 9.81. The molecule has 0 bridgehead atoms. The van der Waals surface area contributed by atoms with Gasteiger partial charge in [0.1, 0.15) is 5.82 Å². The van der Waals surface area contributed by atoms with E-state index in [2.05, 4.69) is 9.97 Å². The number of phenols is 1. The predicted octanol–water partition coefficient (Wildman–Crippen LogP) is 2.98. The lowest BCUT2D eigenvalue weighted by molar-refractivity contribution is 0.373. The first-order chi connectivity index (χ1) is 8.69. The molecule has 0 unspecified atom stereocenters. The highest BCUT2D eigenvalue weighted by Gasteiger charge is 2.27. The zero-order valence-corrected chi connectivity index (χ0v) is 10.5. The Morgan fingerprint density at radius 3 is 2.78 bits per heavy atom. The summed E-state index contributed by atoms with van der Waals surface area (Å²) in [5.74, 6) is 2.29. The quantitative estimate of drug-likeness (QED) is 0.872. The first-order valence-corrected chi connectivity index (χ1v) is 6.13. The third-order valence-corrected chi connectivity index (χ3v) is 3.32. The Kier molecular flexibility index (Phi) is 2.51. The average molecular weight is 244 g/mol. The number of aromatic amines is 1. The molecule has 1 saturated carbocycles. The number of hydrogen-bond acceptors (Lipinski definition) is 3. The van der Waals surface area contributed by atoms with Crippen LogP contribution in [0.3, 0.4) is 0 Å². The fraction of sp³-hybridized carbons (Fsp3) is 0.357. The Hall–Kier alpha value is -1.97. The summed E-state index contributed by atoms with van der Waals surface area (Å²) in [6, 6.07) is 5.37. The molecule has 0 atom stereocenters. The maximum atomic E-state index is 9.81. The number of aromatic nitrogens is 2. The second kappa shape index (κ2) is 4.05. The number of rotatable bonds is 3. The van der Waals surface area contributed by atoms with Gasteiger partial charge in [-0.25, -0.2) is 4.98 Å². The lowest BCUT2D eigenvalue weighted by Crippen LogP contribution is -1.86. The second-order valence-corrected chi connectivity index (χ2v) is 4.76. The maximum absolute atomic E-state index is 9.81. The number of hydrogen-bond donors (Lipinski definition) is 2. The number of ether oxygens (including phenoxy) is 1. The SMILES string of the molecule is COc1ccc(-c2nc(C3CC3)[nH]c2C)cc1O. The molecule has 0 spiro atoms. The minimum absolute atomic E-state index is 0.144. The van der Waals surface area contributed by atoms with Crippen LogP contribution in [0.2, 0.25) is 0 Å². The molecule has 1 fully saturated rings. The van der Waals surface area contributed by atoms with Crippen molar-refractivity contribution in [3.8, 4) is 22.8 Å². The number of methoxy groups -OCH3 is 1. The molecule has 0 radical (unpaired) electrons. The van der Waals surface area contributed by atoms with Gasteiger partial charge in [-0.15, -0.1) is 0 Å². The lowest BCUT2D eigenvalue weighted by Gasteiger charge is -2.05. The monoisotopic (exact) mass is 244 g/mol. The van der Waals surface area contributed by atoms with Crippen LogP contribution in [0.15, 0.2) is 18.2 Å². The Morgan fingerprint density at radius 1 is 1.39 bits per heavy atom. The molecule has 0 saturated heterocycles. The number of aromatic hydroxyl groups is 1. The minimum atomic E-state index is 0.144. The summed E-state index contributed by atoms with van der Waals surface area (Å²) in [4.78, 5) is 7.96. The molecule has 4 nitrogen and oxygen atoms in total. The Morgan fingerprint density at radius 2 is 2.17 bits per heavy atom. The molecule has 0 aliphatic heterocycles. The highest BCUT2D eigenvalue weighted by atomic mass is 16.5. The predicted molar refractivity (Wildman–Crippen MR) is 69.0 cm³/mol. The van der Waals surface area contributed by atoms with E-state index in [-0.39, 0.29) is 5.75 Å². The van der Waals surface area contributed by atoms with Crippen molar-refractivity contribution in [1.29, 1.82) is 0 Å². The Balaban J connectivity index is 2.00. The molecule has 3 rings (SSSR count). The van der Waals surface area contributed by atoms with Crippen LogP contribution in [0.25, 0.3) is 11.3 Å². The summed E-state index contributed by atoms with van der Waals surface area (Å²) in [7, 11) is 1.54. The van der Waals surface area contributed by atoms with Crippen LogP contribution in [0.1, 0.15) is 30.3 Å². The average Bonchev–Trinajstić information content (AvgIpc) is 3.13.